The molecule has 2 heterocycles. The Hall–Kier alpha value is -2.32. The summed E-state index contributed by atoms with van der Waals surface area (Å²) in [4.78, 5) is 29.2. The predicted molar refractivity (Wildman–Crippen MR) is 140 cm³/mol. The van der Waals surface area contributed by atoms with Gasteiger partial charge in [-0.2, -0.15) is 0 Å². The molecule has 1 aromatic carbocycles. The van der Waals surface area contributed by atoms with Gasteiger partial charge >= 0.3 is 13.2 Å². The molecule has 0 N–H and O–H groups in total. The Morgan fingerprint density at radius 1 is 1.24 bits per heavy atom. The Kier molecular flexibility index (Phi) is 5.81. The molecular weight excluding hydrogens is 467 g/mol. The zero-order chi connectivity index (χ0) is 26.3. The van der Waals surface area contributed by atoms with Crippen LogP contribution in [0.3, 0.4) is 0 Å². The van der Waals surface area contributed by atoms with E-state index in [9.17, 15) is 9.59 Å². The lowest BCUT2D eigenvalue weighted by Gasteiger charge is -2.64. The molecule has 0 radical (unpaired) electrons. The molecule has 7 rings (SSSR count). The third-order valence-corrected chi connectivity index (χ3v) is 10.4. The van der Waals surface area contributed by atoms with Crippen LogP contribution in [0.5, 0.6) is 0 Å². The average molecular weight is 506 g/mol. The number of likely N-dealkylation sites (N-methyl/N-ethyl adjacent to an activating group) is 1. The van der Waals surface area contributed by atoms with Gasteiger partial charge in [-0.05, 0) is 74.3 Å². The van der Waals surface area contributed by atoms with E-state index < -0.39 is 19.4 Å². The molecule has 4 saturated carbocycles. The lowest BCUT2D eigenvalue weighted by Crippen LogP contribution is -2.65. The van der Waals surface area contributed by atoms with Gasteiger partial charge in [-0.1, -0.05) is 50.3 Å². The van der Waals surface area contributed by atoms with Gasteiger partial charge in [-0.3, -0.25) is 4.79 Å². The van der Waals surface area contributed by atoms with Crippen LogP contribution in [0.1, 0.15) is 51.2 Å². The van der Waals surface area contributed by atoms with E-state index in [-0.39, 0.29) is 34.9 Å². The topological polar surface area (TPSA) is 68.3 Å². The first-order valence-electron chi connectivity index (χ1n) is 13.8. The molecule has 37 heavy (non-hydrogen) atoms. The van der Waals surface area contributed by atoms with Crippen LogP contribution in [-0.4, -0.2) is 66.4 Å². The molecule has 8 atom stereocenters. The van der Waals surface area contributed by atoms with Crippen molar-refractivity contribution in [2.45, 2.75) is 77.3 Å². The van der Waals surface area contributed by atoms with Crippen molar-refractivity contribution in [3.63, 3.8) is 0 Å². The molecule has 2 amide bonds. The molecule has 8 heteroatoms. The fraction of sp³-hybridized carbons (Fsp3) is 0.655. The standard InChI is InChI=1S/C29H39BN2O5/c1-7-25(33)32-16-19-13-21(19)26(32)35-27(34)31(6)24(12-18-10-8-17(2)9-11-18)30-36-23-15-20-14-22(28(20,3)4)29(23,5)37-30/h7-11,19-24,26H,1,12-16H2,2-6H3/t19-,20-,21-,22-,23+,24-,26+,29-/m0/s1. The largest absolute Gasteiger partial charge is 0.482 e. The average Bonchev–Trinajstić information content (AvgIpc) is 3.42. The molecule has 4 aliphatic carbocycles. The van der Waals surface area contributed by atoms with E-state index in [1.165, 1.54) is 18.1 Å². The number of carbonyl (C=O) groups is 2. The maximum absolute atomic E-state index is 13.6. The monoisotopic (exact) mass is 506 g/mol. The third kappa shape index (κ3) is 3.94. The molecule has 2 aliphatic heterocycles. The van der Waals surface area contributed by atoms with Crippen molar-refractivity contribution < 1.29 is 23.6 Å². The maximum atomic E-state index is 13.6. The van der Waals surface area contributed by atoms with Crippen LogP contribution in [-0.2, 0) is 25.3 Å². The Balaban J connectivity index is 1.23. The van der Waals surface area contributed by atoms with Gasteiger partial charge in [0, 0.05) is 19.5 Å². The summed E-state index contributed by atoms with van der Waals surface area (Å²) in [6.07, 6.45) is 4.08. The van der Waals surface area contributed by atoms with E-state index in [0.717, 1.165) is 18.4 Å². The highest BCUT2D eigenvalue weighted by atomic mass is 16.7. The highest BCUT2D eigenvalue weighted by molar-refractivity contribution is 6.47. The molecular formula is C29H39BN2O5. The van der Waals surface area contributed by atoms with E-state index in [1.807, 2.05) is 0 Å². The normalized spacial score (nSPS) is 37.2. The van der Waals surface area contributed by atoms with Crippen molar-refractivity contribution in [3.8, 4) is 0 Å². The summed E-state index contributed by atoms with van der Waals surface area (Å²) in [6, 6.07) is 8.37. The summed E-state index contributed by atoms with van der Waals surface area (Å²) >= 11 is 0. The fourth-order valence-corrected chi connectivity index (χ4v) is 7.67. The number of aryl methyl sites for hydroxylation is 1. The number of fused-ring (bicyclic) bond motifs is 1. The smallest absolute Gasteiger partial charge is 0.425 e. The number of hydrogen-bond acceptors (Lipinski definition) is 5. The molecule has 1 aromatic rings. The molecule has 2 saturated heterocycles. The lowest BCUT2D eigenvalue weighted by atomic mass is 9.43. The van der Waals surface area contributed by atoms with Gasteiger partial charge in [-0.15, -0.1) is 0 Å². The predicted octanol–water partition coefficient (Wildman–Crippen LogP) is 4.23. The van der Waals surface area contributed by atoms with Crippen LogP contribution in [0.25, 0.3) is 0 Å². The third-order valence-electron chi connectivity index (χ3n) is 10.4. The van der Waals surface area contributed by atoms with E-state index >= 15 is 0 Å². The number of carbonyl (C=O) groups excluding carboxylic acids is 2. The fourth-order valence-electron chi connectivity index (χ4n) is 7.67. The van der Waals surface area contributed by atoms with Crippen molar-refractivity contribution in [1.29, 1.82) is 0 Å². The van der Waals surface area contributed by atoms with Crippen molar-refractivity contribution in [2.75, 3.05) is 13.6 Å². The molecule has 0 unspecified atom stereocenters. The van der Waals surface area contributed by atoms with E-state index in [0.29, 0.717) is 30.7 Å². The first kappa shape index (κ1) is 25.0. The number of benzene rings is 1. The second-order valence-electron chi connectivity index (χ2n) is 12.8. The quantitative estimate of drug-likeness (QED) is 0.427. The Morgan fingerprint density at radius 2 is 1.97 bits per heavy atom. The SMILES string of the molecule is C=CC(=O)N1C[C@@H]2C[C@@H]2[C@H]1OC(=O)N(C)[C@@H](Cc1ccc(C)cc1)B1O[C@@H]2C[C@@H]3C[C@@H](C3(C)C)[C@]2(C)O1. The van der Waals surface area contributed by atoms with E-state index in [2.05, 4.69) is 58.5 Å². The summed E-state index contributed by atoms with van der Waals surface area (Å²) in [5.41, 5.74) is 2.18. The number of piperidine rings is 1. The minimum absolute atomic E-state index is 0.0296. The molecule has 2 bridgehead atoms. The van der Waals surface area contributed by atoms with Crippen LogP contribution in [0.4, 0.5) is 4.79 Å². The Bertz CT molecular complexity index is 1110. The van der Waals surface area contributed by atoms with Crippen LogP contribution in [0.2, 0.25) is 0 Å². The number of likely N-dealkylation sites (tertiary alicyclic amines) is 1. The molecule has 7 nitrogen and oxygen atoms in total. The van der Waals surface area contributed by atoms with Crippen LogP contribution in [0, 0.1) is 36.0 Å². The summed E-state index contributed by atoms with van der Waals surface area (Å²) in [5.74, 6) is 1.16. The zero-order valence-electron chi connectivity index (χ0n) is 22.7. The molecule has 6 fully saturated rings. The van der Waals surface area contributed by atoms with Gasteiger partial charge in [0.05, 0.1) is 17.6 Å². The van der Waals surface area contributed by atoms with Crippen LogP contribution in [0.15, 0.2) is 36.9 Å². The van der Waals surface area contributed by atoms with Gasteiger partial charge in [0.1, 0.15) is 0 Å². The maximum Gasteiger partial charge on any atom is 0.482 e. The first-order valence-corrected chi connectivity index (χ1v) is 13.8. The van der Waals surface area contributed by atoms with Crippen molar-refractivity contribution >= 4 is 19.1 Å². The molecule has 6 aliphatic rings. The Morgan fingerprint density at radius 3 is 2.65 bits per heavy atom. The highest BCUT2D eigenvalue weighted by Crippen LogP contribution is 2.65. The van der Waals surface area contributed by atoms with Gasteiger partial charge in [0.25, 0.3) is 0 Å². The minimum atomic E-state index is -0.549. The van der Waals surface area contributed by atoms with Crippen LogP contribution < -0.4 is 0 Å². The van der Waals surface area contributed by atoms with Crippen molar-refractivity contribution in [1.82, 2.24) is 9.80 Å². The summed E-state index contributed by atoms with van der Waals surface area (Å²) in [5, 5.41) is 0. The zero-order valence-corrected chi connectivity index (χ0v) is 22.7. The van der Waals surface area contributed by atoms with Gasteiger partial charge in [0.2, 0.25) is 5.91 Å². The summed E-state index contributed by atoms with van der Waals surface area (Å²) in [6.45, 7) is 13.2. The summed E-state index contributed by atoms with van der Waals surface area (Å²) < 4.78 is 19.4. The van der Waals surface area contributed by atoms with Gasteiger partial charge < -0.3 is 23.8 Å². The highest BCUT2D eigenvalue weighted by Gasteiger charge is 2.69. The minimum Gasteiger partial charge on any atom is -0.425 e. The number of amides is 2. The van der Waals surface area contributed by atoms with Gasteiger partial charge in [-0.25, -0.2) is 4.79 Å². The second-order valence-corrected chi connectivity index (χ2v) is 12.8. The molecule has 198 valence electrons. The van der Waals surface area contributed by atoms with Gasteiger partial charge in [0.15, 0.2) is 6.23 Å². The number of nitrogens with zero attached hydrogens (tertiary/aromatic N) is 2. The van der Waals surface area contributed by atoms with Crippen molar-refractivity contribution in [2.24, 2.45) is 29.1 Å². The summed E-state index contributed by atoms with van der Waals surface area (Å²) in [7, 11) is 1.22. The molecule has 0 aromatic heterocycles. The lowest BCUT2D eigenvalue weighted by molar-refractivity contribution is -0.199. The van der Waals surface area contributed by atoms with Crippen LogP contribution >= 0.6 is 0 Å². The number of rotatable bonds is 6. The van der Waals surface area contributed by atoms with Crippen molar-refractivity contribution in [3.05, 3.63) is 48.0 Å². The first-order chi connectivity index (χ1) is 17.5. The molecule has 0 spiro atoms. The number of hydrogen-bond donors (Lipinski definition) is 0. The van der Waals surface area contributed by atoms with E-state index in [4.69, 9.17) is 14.0 Å². The second kappa shape index (κ2) is 8.60. The van der Waals surface area contributed by atoms with E-state index in [1.54, 1.807) is 16.8 Å². The number of ether oxygens (including phenoxy) is 1. The Labute approximate surface area is 220 Å².